The van der Waals surface area contributed by atoms with E-state index in [2.05, 4.69) is 0 Å². The first-order valence-electron chi connectivity index (χ1n) is 5.81. The van der Waals surface area contributed by atoms with Crippen molar-refractivity contribution in [1.82, 2.24) is 0 Å². The van der Waals surface area contributed by atoms with Crippen LogP contribution in [-0.2, 0) is 4.79 Å². The van der Waals surface area contributed by atoms with Crippen LogP contribution < -0.4 is 0 Å². The van der Waals surface area contributed by atoms with E-state index in [9.17, 15) is 4.79 Å². The van der Waals surface area contributed by atoms with Gasteiger partial charge in [-0.1, -0.05) is 24.3 Å². The van der Waals surface area contributed by atoms with E-state index in [1.54, 1.807) is 6.92 Å². The Morgan fingerprint density at radius 2 is 1.79 bits per heavy atom. The number of rotatable bonds is 2. The van der Waals surface area contributed by atoms with Crippen LogP contribution >= 0.6 is 0 Å². The third-order valence-corrected chi connectivity index (χ3v) is 3.27. The number of carbonyl (C=O) groups is 1. The molecule has 0 bridgehead atoms. The Balaban J connectivity index is 0.00000133. The maximum Gasteiger partial charge on any atom is 0.310 e. The van der Waals surface area contributed by atoms with Crippen LogP contribution in [-0.4, -0.2) is 40.6 Å². The first-order chi connectivity index (χ1) is 8.66. The van der Waals surface area contributed by atoms with Crippen molar-refractivity contribution >= 4 is 57.5 Å². The van der Waals surface area contributed by atoms with Gasteiger partial charge in [0.2, 0.25) is 0 Å². The largest absolute Gasteiger partial charge is 0.481 e. The molecule has 4 heteroatoms. The maximum absolute atomic E-state index is 11.0. The summed E-state index contributed by atoms with van der Waals surface area (Å²) in [7, 11) is 0. The normalized spacial score (nSPS) is 12.3. The molecule has 0 amide bonds. The molecule has 0 saturated carbocycles. The summed E-state index contributed by atoms with van der Waals surface area (Å²) >= 11 is 0. The number of aliphatic carboxylic acids is 1. The quantitative estimate of drug-likeness (QED) is 0.721. The molecule has 0 fully saturated rings. The fraction of sp³-hybridized carbons (Fsp3) is 0.133. The molecule has 0 aliphatic rings. The SMILES string of the molecule is CC(C(=O)O)c1ccc2oc3ccccc3c2c1.[Na]. The predicted molar refractivity (Wildman–Crippen MR) is 75.5 cm³/mol. The van der Waals surface area contributed by atoms with Gasteiger partial charge in [-0.05, 0) is 30.7 Å². The minimum absolute atomic E-state index is 0. The van der Waals surface area contributed by atoms with Gasteiger partial charge in [0.15, 0.2) is 0 Å². The number of carboxylic acid groups (broad SMARTS) is 1. The number of furan rings is 1. The number of benzene rings is 2. The standard InChI is InChI=1S/C15H12O3.Na/c1-9(15(16)17)10-6-7-14-12(8-10)11-4-2-3-5-13(11)18-14;/h2-9H,1H3,(H,16,17);. The minimum Gasteiger partial charge on any atom is -0.481 e. The second kappa shape index (κ2) is 5.37. The van der Waals surface area contributed by atoms with E-state index in [1.165, 1.54) is 0 Å². The van der Waals surface area contributed by atoms with Crippen molar-refractivity contribution in [2.45, 2.75) is 12.8 Å². The Bertz CT molecular complexity index is 745. The minimum atomic E-state index is -0.817. The van der Waals surface area contributed by atoms with Gasteiger partial charge in [-0.15, -0.1) is 0 Å². The first-order valence-corrected chi connectivity index (χ1v) is 5.81. The van der Waals surface area contributed by atoms with Crippen molar-refractivity contribution in [1.29, 1.82) is 0 Å². The molecule has 91 valence electrons. The molecule has 1 aromatic heterocycles. The summed E-state index contributed by atoms with van der Waals surface area (Å²) in [5.74, 6) is -1.33. The second-order valence-corrected chi connectivity index (χ2v) is 4.41. The summed E-state index contributed by atoms with van der Waals surface area (Å²) in [6.07, 6.45) is 0. The Hall–Kier alpha value is -1.29. The van der Waals surface area contributed by atoms with Crippen molar-refractivity contribution in [2.75, 3.05) is 0 Å². The summed E-state index contributed by atoms with van der Waals surface area (Å²) in [6.45, 7) is 1.69. The summed E-state index contributed by atoms with van der Waals surface area (Å²) in [6, 6.07) is 13.3. The van der Waals surface area contributed by atoms with Crippen molar-refractivity contribution in [2.24, 2.45) is 0 Å². The van der Waals surface area contributed by atoms with Crippen molar-refractivity contribution in [3.05, 3.63) is 48.0 Å². The molecule has 0 aliphatic carbocycles. The summed E-state index contributed by atoms with van der Waals surface area (Å²) < 4.78 is 5.70. The fourth-order valence-electron chi connectivity index (χ4n) is 2.16. The maximum atomic E-state index is 11.0. The van der Waals surface area contributed by atoms with Gasteiger partial charge < -0.3 is 9.52 Å². The van der Waals surface area contributed by atoms with E-state index in [1.807, 2.05) is 42.5 Å². The molecule has 0 saturated heterocycles. The van der Waals surface area contributed by atoms with Crippen molar-refractivity contribution < 1.29 is 14.3 Å². The molecule has 1 radical (unpaired) electrons. The van der Waals surface area contributed by atoms with Crippen LogP contribution in [0.4, 0.5) is 0 Å². The predicted octanol–water partition coefficient (Wildman–Crippen LogP) is 3.39. The zero-order valence-electron chi connectivity index (χ0n) is 10.9. The first kappa shape index (κ1) is 14.1. The van der Waals surface area contributed by atoms with Gasteiger partial charge >= 0.3 is 5.97 Å². The zero-order chi connectivity index (χ0) is 12.7. The van der Waals surface area contributed by atoms with Gasteiger partial charge in [-0.25, -0.2) is 0 Å². The van der Waals surface area contributed by atoms with Gasteiger partial charge in [0.05, 0.1) is 5.92 Å². The molecular weight excluding hydrogens is 251 g/mol. The van der Waals surface area contributed by atoms with Gasteiger partial charge in [0, 0.05) is 40.3 Å². The van der Waals surface area contributed by atoms with Crippen LogP contribution in [0.3, 0.4) is 0 Å². The number of hydrogen-bond donors (Lipinski definition) is 1. The van der Waals surface area contributed by atoms with Crippen LogP contribution in [0.5, 0.6) is 0 Å². The fourth-order valence-corrected chi connectivity index (χ4v) is 2.16. The Morgan fingerprint density at radius 1 is 1.11 bits per heavy atom. The van der Waals surface area contributed by atoms with E-state index in [4.69, 9.17) is 9.52 Å². The average Bonchev–Trinajstić information content (AvgIpc) is 2.75. The molecule has 0 aliphatic heterocycles. The van der Waals surface area contributed by atoms with Gasteiger partial charge in [-0.2, -0.15) is 0 Å². The summed E-state index contributed by atoms with van der Waals surface area (Å²) in [4.78, 5) is 11.0. The summed E-state index contributed by atoms with van der Waals surface area (Å²) in [5.41, 5.74) is 2.41. The molecule has 3 nitrogen and oxygen atoms in total. The summed E-state index contributed by atoms with van der Waals surface area (Å²) in [5, 5.41) is 11.0. The van der Waals surface area contributed by atoms with Gasteiger partial charge in [0.1, 0.15) is 11.2 Å². The van der Waals surface area contributed by atoms with E-state index < -0.39 is 11.9 Å². The van der Waals surface area contributed by atoms with Crippen molar-refractivity contribution in [3.8, 4) is 0 Å². The monoisotopic (exact) mass is 263 g/mol. The van der Waals surface area contributed by atoms with Crippen LogP contribution in [0.2, 0.25) is 0 Å². The number of carboxylic acids is 1. The molecule has 3 aromatic rings. The van der Waals surface area contributed by atoms with E-state index in [0.717, 1.165) is 27.5 Å². The second-order valence-electron chi connectivity index (χ2n) is 4.41. The Labute approximate surface area is 132 Å². The van der Waals surface area contributed by atoms with E-state index in [0.29, 0.717) is 0 Å². The van der Waals surface area contributed by atoms with Gasteiger partial charge in [-0.3, -0.25) is 4.79 Å². The van der Waals surface area contributed by atoms with E-state index >= 15 is 0 Å². The van der Waals surface area contributed by atoms with E-state index in [-0.39, 0.29) is 29.6 Å². The Morgan fingerprint density at radius 3 is 2.53 bits per heavy atom. The molecule has 1 N–H and O–H groups in total. The van der Waals surface area contributed by atoms with Crippen LogP contribution in [0, 0.1) is 0 Å². The number of para-hydroxylation sites is 1. The molecule has 1 heterocycles. The average molecular weight is 263 g/mol. The van der Waals surface area contributed by atoms with Gasteiger partial charge in [0.25, 0.3) is 0 Å². The zero-order valence-corrected chi connectivity index (χ0v) is 12.9. The molecule has 2 aromatic carbocycles. The molecule has 19 heavy (non-hydrogen) atoms. The van der Waals surface area contributed by atoms with Crippen LogP contribution in [0.25, 0.3) is 21.9 Å². The van der Waals surface area contributed by atoms with Crippen LogP contribution in [0.15, 0.2) is 46.9 Å². The Kier molecular flexibility index (Phi) is 3.99. The number of fused-ring (bicyclic) bond motifs is 3. The third-order valence-electron chi connectivity index (χ3n) is 3.27. The van der Waals surface area contributed by atoms with Crippen molar-refractivity contribution in [3.63, 3.8) is 0 Å². The molecular formula is C15H12NaO3. The molecule has 1 atom stereocenters. The molecule has 1 unspecified atom stereocenters. The topological polar surface area (TPSA) is 50.4 Å². The third kappa shape index (κ3) is 2.41. The smallest absolute Gasteiger partial charge is 0.310 e. The number of hydrogen-bond acceptors (Lipinski definition) is 2. The molecule has 0 spiro atoms. The van der Waals surface area contributed by atoms with Crippen LogP contribution in [0.1, 0.15) is 18.4 Å². The molecule has 3 rings (SSSR count).